The first-order valence-corrected chi connectivity index (χ1v) is 14.1. The van der Waals surface area contributed by atoms with Gasteiger partial charge < -0.3 is 0 Å². The van der Waals surface area contributed by atoms with Gasteiger partial charge in [0.25, 0.3) is 0 Å². The topological polar surface area (TPSA) is 51.6 Å². The van der Waals surface area contributed by atoms with Crippen LogP contribution in [-0.4, -0.2) is 19.9 Å². The van der Waals surface area contributed by atoms with Crippen molar-refractivity contribution in [2.45, 2.75) is 13.8 Å². The van der Waals surface area contributed by atoms with E-state index in [4.69, 9.17) is 9.97 Å². The minimum Gasteiger partial charge on any atom is -0.254 e. The van der Waals surface area contributed by atoms with Crippen molar-refractivity contribution in [3.05, 3.63) is 145 Å². The zero-order chi connectivity index (χ0) is 28.5. The van der Waals surface area contributed by atoms with Gasteiger partial charge in [-0.3, -0.25) is 19.9 Å². The van der Waals surface area contributed by atoms with Gasteiger partial charge in [-0.25, -0.2) is 0 Å². The number of hydrogen-bond acceptors (Lipinski definition) is 4. The van der Waals surface area contributed by atoms with E-state index >= 15 is 0 Å². The van der Waals surface area contributed by atoms with Crippen LogP contribution in [-0.2, 0) is 0 Å². The molecule has 4 nitrogen and oxygen atoms in total. The van der Waals surface area contributed by atoms with Crippen LogP contribution in [0.25, 0.3) is 65.9 Å². The first kappa shape index (κ1) is 25.5. The van der Waals surface area contributed by atoms with E-state index in [1.54, 1.807) is 12.4 Å². The predicted molar refractivity (Wildman–Crippen MR) is 174 cm³/mol. The monoisotopic (exact) mass is 540 g/mol. The van der Waals surface area contributed by atoms with Crippen LogP contribution in [0.5, 0.6) is 0 Å². The molecule has 0 N–H and O–H groups in total. The van der Waals surface area contributed by atoms with Crippen LogP contribution in [0.3, 0.4) is 0 Å². The molecule has 4 heterocycles. The highest BCUT2D eigenvalue weighted by atomic mass is 14.8. The Kier molecular flexibility index (Phi) is 6.57. The van der Waals surface area contributed by atoms with Crippen LogP contribution in [0.2, 0.25) is 0 Å². The lowest BCUT2D eigenvalue weighted by atomic mass is 9.95. The SMILES string of the molecule is Cc1cc(-c2ccccc2)c2ccc3c(-c4ccccc4)cc(C)nc3c2n1.c1cnc2c(c1)ccc1cccnc12. The molecule has 0 bridgehead atoms. The fourth-order valence-corrected chi connectivity index (χ4v) is 5.62. The van der Waals surface area contributed by atoms with E-state index in [0.29, 0.717) is 0 Å². The predicted octanol–water partition coefficient (Wildman–Crippen LogP) is 9.52. The Bertz CT molecular complexity index is 2050. The summed E-state index contributed by atoms with van der Waals surface area (Å²) in [6.45, 7) is 4.11. The average molecular weight is 541 g/mol. The minimum atomic E-state index is 0.970. The summed E-state index contributed by atoms with van der Waals surface area (Å²) in [4.78, 5) is 18.5. The highest BCUT2D eigenvalue weighted by molar-refractivity contribution is 6.12. The Morgan fingerprint density at radius 3 is 1.26 bits per heavy atom. The van der Waals surface area contributed by atoms with Crippen LogP contribution < -0.4 is 0 Å². The summed E-state index contributed by atoms with van der Waals surface area (Å²) in [6.07, 6.45) is 3.60. The molecule has 0 radical (unpaired) electrons. The van der Waals surface area contributed by atoms with E-state index in [9.17, 15) is 0 Å². The number of benzene rings is 4. The van der Waals surface area contributed by atoms with Crippen molar-refractivity contribution in [3.63, 3.8) is 0 Å². The Labute approximate surface area is 244 Å². The lowest BCUT2D eigenvalue weighted by Crippen LogP contribution is -1.94. The van der Waals surface area contributed by atoms with E-state index < -0.39 is 0 Å². The van der Waals surface area contributed by atoms with Crippen molar-refractivity contribution in [1.82, 2.24) is 19.9 Å². The first-order valence-electron chi connectivity index (χ1n) is 14.1. The van der Waals surface area contributed by atoms with E-state index in [0.717, 1.165) is 55.0 Å². The second kappa shape index (κ2) is 10.8. The van der Waals surface area contributed by atoms with Crippen LogP contribution in [0, 0.1) is 13.8 Å². The Balaban J connectivity index is 0.000000171. The largest absolute Gasteiger partial charge is 0.254 e. The third-order valence-electron chi connectivity index (χ3n) is 7.53. The smallest absolute Gasteiger partial charge is 0.0974 e. The number of fused-ring (bicyclic) bond motifs is 6. The van der Waals surface area contributed by atoms with Gasteiger partial charge in [-0.2, -0.15) is 0 Å². The molecule has 0 fully saturated rings. The summed E-state index contributed by atoms with van der Waals surface area (Å²) >= 11 is 0. The lowest BCUT2D eigenvalue weighted by Gasteiger charge is -2.13. The van der Waals surface area contributed by atoms with E-state index in [1.165, 1.54) is 22.3 Å². The molecule has 4 aromatic carbocycles. The first-order chi connectivity index (χ1) is 20.7. The molecular weight excluding hydrogens is 512 g/mol. The van der Waals surface area contributed by atoms with Gasteiger partial charge in [-0.05, 0) is 60.4 Å². The number of aromatic nitrogens is 4. The van der Waals surface area contributed by atoms with Crippen molar-refractivity contribution in [3.8, 4) is 22.3 Å². The van der Waals surface area contributed by atoms with Crippen molar-refractivity contribution in [2.24, 2.45) is 0 Å². The molecule has 0 unspecified atom stereocenters. The Morgan fingerprint density at radius 1 is 0.405 bits per heavy atom. The number of hydrogen-bond donors (Lipinski definition) is 0. The quantitative estimate of drug-likeness (QED) is 0.205. The molecule has 8 rings (SSSR count). The second-order valence-corrected chi connectivity index (χ2v) is 10.4. The second-order valence-electron chi connectivity index (χ2n) is 10.4. The fraction of sp³-hybridized carbons (Fsp3) is 0.0526. The van der Waals surface area contributed by atoms with Gasteiger partial charge in [0.15, 0.2) is 0 Å². The van der Waals surface area contributed by atoms with Crippen molar-refractivity contribution >= 4 is 43.6 Å². The van der Waals surface area contributed by atoms with E-state index in [-0.39, 0.29) is 0 Å². The Hall–Kier alpha value is -5.48. The summed E-state index contributed by atoms with van der Waals surface area (Å²) < 4.78 is 0. The number of aryl methyl sites for hydroxylation is 2. The maximum absolute atomic E-state index is 4.90. The van der Waals surface area contributed by atoms with Gasteiger partial charge in [0.05, 0.1) is 22.1 Å². The minimum absolute atomic E-state index is 0.970. The van der Waals surface area contributed by atoms with Gasteiger partial charge in [0.2, 0.25) is 0 Å². The number of rotatable bonds is 2. The van der Waals surface area contributed by atoms with Gasteiger partial charge >= 0.3 is 0 Å². The summed E-state index contributed by atoms with van der Waals surface area (Å²) in [7, 11) is 0. The molecule has 8 aromatic rings. The third-order valence-corrected chi connectivity index (χ3v) is 7.53. The van der Waals surface area contributed by atoms with Crippen LogP contribution in [0.4, 0.5) is 0 Å². The highest BCUT2D eigenvalue weighted by Gasteiger charge is 2.14. The summed E-state index contributed by atoms with van der Waals surface area (Å²) in [5.74, 6) is 0. The molecule has 0 aliphatic rings. The summed E-state index contributed by atoms with van der Waals surface area (Å²) in [6, 6.07) is 41.9. The molecule has 4 aromatic heterocycles. The molecule has 0 saturated heterocycles. The molecule has 0 saturated carbocycles. The van der Waals surface area contributed by atoms with Gasteiger partial charge in [0.1, 0.15) is 0 Å². The standard InChI is InChI=1S/C26H20N2.C12H8N2/c1-17-15-23(19-9-5-3-6-10-19)21-13-14-22-24(20-11-7-4-8-12-20)16-18(2)28-26(22)25(21)27-17;1-3-9-5-6-10-4-2-8-14-12(10)11(9)13-7-1/h3-16H,1-2H3;1-8H. The number of pyridine rings is 4. The molecule has 4 heteroatoms. The van der Waals surface area contributed by atoms with E-state index in [1.807, 2.05) is 24.3 Å². The molecule has 0 amide bonds. The van der Waals surface area contributed by atoms with Gasteiger partial charge in [-0.1, -0.05) is 97.1 Å². The van der Waals surface area contributed by atoms with Gasteiger partial charge in [0, 0.05) is 45.3 Å². The molecule has 0 aliphatic carbocycles. The van der Waals surface area contributed by atoms with Crippen molar-refractivity contribution in [2.75, 3.05) is 0 Å². The van der Waals surface area contributed by atoms with Crippen LogP contribution in [0.15, 0.2) is 134 Å². The van der Waals surface area contributed by atoms with Crippen LogP contribution >= 0.6 is 0 Å². The maximum Gasteiger partial charge on any atom is 0.0974 e. The van der Waals surface area contributed by atoms with Crippen molar-refractivity contribution in [1.29, 1.82) is 0 Å². The molecular formula is C38H28N4. The normalized spacial score (nSPS) is 11.1. The van der Waals surface area contributed by atoms with Gasteiger partial charge in [-0.15, -0.1) is 0 Å². The average Bonchev–Trinajstić information content (AvgIpc) is 3.05. The highest BCUT2D eigenvalue weighted by Crippen LogP contribution is 2.36. The van der Waals surface area contributed by atoms with Crippen LogP contribution in [0.1, 0.15) is 11.4 Å². The molecule has 200 valence electrons. The molecule has 0 spiro atoms. The van der Waals surface area contributed by atoms with E-state index in [2.05, 4.69) is 121 Å². The summed E-state index contributed by atoms with van der Waals surface area (Å²) in [5, 5.41) is 4.56. The zero-order valence-electron chi connectivity index (χ0n) is 23.5. The number of nitrogens with zero attached hydrogens (tertiary/aromatic N) is 4. The fourth-order valence-electron chi connectivity index (χ4n) is 5.62. The molecule has 0 atom stereocenters. The maximum atomic E-state index is 4.90. The van der Waals surface area contributed by atoms with Crippen molar-refractivity contribution < 1.29 is 0 Å². The molecule has 0 aliphatic heterocycles. The molecule has 42 heavy (non-hydrogen) atoms. The zero-order valence-corrected chi connectivity index (χ0v) is 23.5. The summed E-state index contributed by atoms with van der Waals surface area (Å²) in [5.41, 5.74) is 10.7. The lowest BCUT2D eigenvalue weighted by molar-refractivity contribution is 1.23. The Morgan fingerprint density at radius 2 is 0.833 bits per heavy atom. The third kappa shape index (κ3) is 4.73.